The van der Waals surface area contributed by atoms with Gasteiger partial charge in [-0.3, -0.25) is 9.78 Å². The maximum absolute atomic E-state index is 12.4. The third-order valence-corrected chi connectivity index (χ3v) is 4.58. The molecular weight excluding hydrogens is 376 g/mol. The fourth-order valence-electron chi connectivity index (χ4n) is 2.54. The molecule has 0 bridgehead atoms. The number of rotatable bonds is 6. The number of hydrogen-bond donors (Lipinski definition) is 1. The van der Waals surface area contributed by atoms with Gasteiger partial charge in [0.05, 0.1) is 17.1 Å². The minimum Gasteiger partial charge on any atom is -0.411 e. The van der Waals surface area contributed by atoms with Gasteiger partial charge in [-0.25, -0.2) is 4.68 Å². The van der Waals surface area contributed by atoms with Crippen LogP contribution in [0.2, 0.25) is 0 Å². The second-order valence-corrected chi connectivity index (χ2v) is 6.79. The van der Waals surface area contributed by atoms with E-state index in [4.69, 9.17) is 4.42 Å². The number of thioether (sulfide) groups is 1. The van der Waals surface area contributed by atoms with Crippen LogP contribution in [0.15, 0.2) is 70.6 Å². The van der Waals surface area contributed by atoms with Gasteiger partial charge < -0.3 is 9.73 Å². The summed E-state index contributed by atoms with van der Waals surface area (Å²) >= 11 is 1.17. The van der Waals surface area contributed by atoms with E-state index in [9.17, 15) is 4.79 Å². The zero-order chi connectivity index (χ0) is 19.3. The summed E-state index contributed by atoms with van der Waals surface area (Å²) in [5, 5.41) is 15.6. The van der Waals surface area contributed by atoms with E-state index in [0.29, 0.717) is 16.9 Å². The highest BCUT2D eigenvalue weighted by atomic mass is 32.2. The van der Waals surface area contributed by atoms with Crippen molar-refractivity contribution in [2.75, 3.05) is 11.1 Å². The molecule has 0 radical (unpaired) electrons. The predicted octanol–water partition coefficient (Wildman–Crippen LogP) is 3.36. The van der Waals surface area contributed by atoms with Crippen molar-refractivity contribution < 1.29 is 9.21 Å². The molecule has 0 aliphatic rings. The van der Waals surface area contributed by atoms with E-state index in [1.807, 2.05) is 43.3 Å². The summed E-state index contributed by atoms with van der Waals surface area (Å²) < 4.78 is 7.28. The first-order chi connectivity index (χ1) is 13.7. The summed E-state index contributed by atoms with van der Waals surface area (Å²) in [5.41, 5.74) is 2.46. The van der Waals surface area contributed by atoms with Crippen LogP contribution >= 0.6 is 11.8 Å². The van der Waals surface area contributed by atoms with E-state index in [2.05, 4.69) is 25.6 Å². The number of carbonyl (C=O) groups is 1. The average molecular weight is 392 g/mol. The second-order valence-electron chi connectivity index (χ2n) is 5.86. The van der Waals surface area contributed by atoms with Crippen molar-refractivity contribution in [2.24, 2.45) is 0 Å². The molecule has 0 atom stereocenters. The lowest BCUT2D eigenvalue weighted by Crippen LogP contribution is -2.16. The molecule has 1 amide bonds. The van der Waals surface area contributed by atoms with Gasteiger partial charge in [0, 0.05) is 24.0 Å². The zero-order valence-electron chi connectivity index (χ0n) is 14.9. The molecular formula is C19H16N6O2S. The molecule has 0 fully saturated rings. The number of nitrogens with one attached hydrogen (secondary N) is 1. The normalized spacial score (nSPS) is 10.8. The minimum atomic E-state index is -0.189. The van der Waals surface area contributed by atoms with E-state index < -0.39 is 0 Å². The van der Waals surface area contributed by atoms with E-state index in [-0.39, 0.29) is 11.7 Å². The number of pyridine rings is 1. The van der Waals surface area contributed by atoms with Crippen LogP contribution in [-0.4, -0.2) is 36.6 Å². The van der Waals surface area contributed by atoms with Gasteiger partial charge in [0.2, 0.25) is 11.8 Å². The van der Waals surface area contributed by atoms with Gasteiger partial charge in [-0.15, -0.1) is 10.2 Å². The van der Waals surface area contributed by atoms with Crippen molar-refractivity contribution >= 4 is 23.5 Å². The monoisotopic (exact) mass is 392 g/mol. The molecule has 4 aromatic rings. The highest BCUT2D eigenvalue weighted by molar-refractivity contribution is 7.99. The van der Waals surface area contributed by atoms with Crippen LogP contribution in [0, 0.1) is 6.92 Å². The molecule has 0 saturated heterocycles. The lowest BCUT2D eigenvalue weighted by atomic mass is 10.3. The summed E-state index contributed by atoms with van der Waals surface area (Å²) in [4.78, 5) is 16.3. The van der Waals surface area contributed by atoms with E-state index in [1.165, 1.54) is 11.8 Å². The Bertz CT molecular complexity index is 1080. The number of amides is 1. The second kappa shape index (κ2) is 8.05. The third-order valence-electron chi connectivity index (χ3n) is 3.76. The molecule has 0 spiro atoms. The maximum Gasteiger partial charge on any atom is 0.277 e. The van der Waals surface area contributed by atoms with Crippen molar-refractivity contribution in [3.05, 3.63) is 66.6 Å². The van der Waals surface area contributed by atoms with Crippen molar-refractivity contribution in [2.45, 2.75) is 12.1 Å². The van der Waals surface area contributed by atoms with Crippen LogP contribution < -0.4 is 5.32 Å². The Labute approximate surface area is 165 Å². The Hall–Kier alpha value is -3.46. The van der Waals surface area contributed by atoms with Crippen molar-refractivity contribution in [1.82, 2.24) is 25.0 Å². The van der Waals surface area contributed by atoms with Gasteiger partial charge in [-0.1, -0.05) is 30.0 Å². The van der Waals surface area contributed by atoms with Gasteiger partial charge in [0.25, 0.3) is 5.22 Å². The SMILES string of the molecule is Cc1cc(NC(=O)CSc2nnc(-c3ccncc3)o2)n(-c2ccccc2)n1. The molecule has 3 aromatic heterocycles. The summed E-state index contributed by atoms with van der Waals surface area (Å²) in [5.74, 6) is 0.947. The molecule has 4 rings (SSSR count). The number of aromatic nitrogens is 5. The fourth-order valence-corrected chi connectivity index (χ4v) is 3.10. The minimum absolute atomic E-state index is 0.136. The molecule has 0 aliphatic carbocycles. The lowest BCUT2D eigenvalue weighted by Gasteiger charge is -2.08. The number of anilines is 1. The highest BCUT2D eigenvalue weighted by Crippen LogP contribution is 2.23. The van der Waals surface area contributed by atoms with E-state index >= 15 is 0 Å². The molecule has 9 heteroatoms. The van der Waals surface area contributed by atoms with Crippen LogP contribution in [0.25, 0.3) is 17.1 Å². The molecule has 0 saturated carbocycles. The van der Waals surface area contributed by atoms with E-state index in [1.54, 1.807) is 29.2 Å². The summed E-state index contributed by atoms with van der Waals surface area (Å²) in [7, 11) is 0. The lowest BCUT2D eigenvalue weighted by molar-refractivity contribution is -0.113. The quantitative estimate of drug-likeness (QED) is 0.502. The first-order valence-corrected chi connectivity index (χ1v) is 9.46. The van der Waals surface area contributed by atoms with Crippen molar-refractivity contribution in [1.29, 1.82) is 0 Å². The number of carbonyl (C=O) groups excluding carboxylic acids is 1. The predicted molar refractivity (Wildman–Crippen MR) is 105 cm³/mol. The number of aryl methyl sites for hydroxylation is 1. The third kappa shape index (κ3) is 4.09. The molecule has 28 heavy (non-hydrogen) atoms. The van der Waals surface area contributed by atoms with Gasteiger partial charge in [0.15, 0.2) is 0 Å². The van der Waals surface area contributed by atoms with Gasteiger partial charge >= 0.3 is 0 Å². The number of nitrogens with zero attached hydrogens (tertiary/aromatic N) is 5. The van der Waals surface area contributed by atoms with Crippen LogP contribution in [-0.2, 0) is 4.79 Å². The van der Waals surface area contributed by atoms with Crippen molar-refractivity contribution in [3.63, 3.8) is 0 Å². The van der Waals surface area contributed by atoms with Crippen LogP contribution in [0.4, 0.5) is 5.82 Å². The molecule has 0 aliphatic heterocycles. The van der Waals surface area contributed by atoms with Gasteiger partial charge in [-0.05, 0) is 31.2 Å². The number of benzene rings is 1. The highest BCUT2D eigenvalue weighted by Gasteiger charge is 2.14. The Morgan fingerprint density at radius 3 is 2.71 bits per heavy atom. The Kier molecular flexibility index (Phi) is 5.16. The van der Waals surface area contributed by atoms with Crippen LogP contribution in [0.1, 0.15) is 5.69 Å². The van der Waals surface area contributed by atoms with Gasteiger partial charge in [-0.2, -0.15) is 5.10 Å². The first kappa shape index (κ1) is 17.9. The van der Waals surface area contributed by atoms with Crippen LogP contribution in [0.5, 0.6) is 0 Å². The van der Waals surface area contributed by atoms with Crippen molar-refractivity contribution in [3.8, 4) is 17.1 Å². The summed E-state index contributed by atoms with van der Waals surface area (Å²) in [6.45, 7) is 1.88. The van der Waals surface area contributed by atoms with Crippen LogP contribution in [0.3, 0.4) is 0 Å². The zero-order valence-corrected chi connectivity index (χ0v) is 15.8. The number of para-hydroxylation sites is 1. The molecule has 3 heterocycles. The average Bonchev–Trinajstić information content (AvgIpc) is 3.34. The smallest absolute Gasteiger partial charge is 0.277 e. The standard InChI is InChI=1S/C19H16N6O2S/c1-13-11-16(25(24-13)15-5-3-2-4-6-15)21-17(26)12-28-19-23-22-18(27-19)14-7-9-20-10-8-14/h2-11H,12H2,1H3,(H,21,26). The molecule has 1 N–H and O–H groups in total. The fraction of sp³-hybridized carbons (Fsp3) is 0.105. The maximum atomic E-state index is 12.4. The molecule has 140 valence electrons. The molecule has 8 nitrogen and oxygen atoms in total. The van der Waals surface area contributed by atoms with E-state index in [0.717, 1.165) is 16.9 Å². The molecule has 0 unspecified atom stereocenters. The number of hydrogen-bond acceptors (Lipinski definition) is 7. The Morgan fingerprint density at radius 1 is 1.14 bits per heavy atom. The Morgan fingerprint density at radius 2 is 1.93 bits per heavy atom. The largest absolute Gasteiger partial charge is 0.411 e. The summed E-state index contributed by atoms with van der Waals surface area (Å²) in [6.07, 6.45) is 3.30. The van der Waals surface area contributed by atoms with Gasteiger partial charge in [0.1, 0.15) is 5.82 Å². The topological polar surface area (TPSA) is 98.7 Å². The molecule has 1 aromatic carbocycles. The Balaban J connectivity index is 1.40. The summed E-state index contributed by atoms with van der Waals surface area (Å²) in [6, 6.07) is 15.0. The first-order valence-electron chi connectivity index (χ1n) is 8.48.